The van der Waals surface area contributed by atoms with E-state index in [0.29, 0.717) is 0 Å². The molecule has 0 saturated heterocycles. The molecule has 1 aliphatic carbocycles. The average molecular weight is 319 g/mol. The van der Waals surface area contributed by atoms with Gasteiger partial charge in [-0.3, -0.25) is 4.98 Å². The van der Waals surface area contributed by atoms with Crippen molar-refractivity contribution >= 4 is 17.5 Å². The van der Waals surface area contributed by atoms with E-state index in [9.17, 15) is 15.8 Å². The summed E-state index contributed by atoms with van der Waals surface area (Å²) >= 11 is 1.72. The first-order valence-corrected chi connectivity index (χ1v) is 8.33. The molecule has 0 spiro atoms. The number of rotatable bonds is 1. The maximum Gasteiger partial charge on any atom is 0.189 e. The number of pyridine rings is 1. The minimum Gasteiger partial charge on any atom is -0.305 e. The summed E-state index contributed by atoms with van der Waals surface area (Å²) in [6, 6.07) is 9.87. The molecule has 0 radical (unpaired) electrons. The molecule has 0 unspecified atom stereocenters. The van der Waals surface area contributed by atoms with Crippen molar-refractivity contribution in [3.05, 3.63) is 41.7 Å². The molecule has 6 heteroatoms. The molecule has 0 aromatic carbocycles. The van der Waals surface area contributed by atoms with Crippen molar-refractivity contribution in [1.29, 1.82) is 21.2 Å². The molecule has 23 heavy (non-hydrogen) atoms. The van der Waals surface area contributed by atoms with E-state index in [1.807, 2.05) is 12.1 Å². The van der Waals surface area contributed by atoms with Crippen LogP contribution in [-0.2, 0) is 0 Å². The molecule has 2 aliphatic rings. The standard InChI is InChI=1S/C17H13N5S/c18-6-13-12-3-5-23-8-14(12)15(11-2-1-4-22-7-11)17(9-19,10-20)16(13)21/h1-4,7,13-15,21H,5,8H2/t13-,14+,15+/m1/s1. The molecule has 3 rings (SSSR count). The van der Waals surface area contributed by atoms with Gasteiger partial charge in [0.15, 0.2) is 5.41 Å². The molecule has 1 saturated carbocycles. The van der Waals surface area contributed by atoms with Gasteiger partial charge >= 0.3 is 0 Å². The zero-order valence-electron chi connectivity index (χ0n) is 12.2. The van der Waals surface area contributed by atoms with Gasteiger partial charge in [0, 0.05) is 35.7 Å². The number of nitrogens with one attached hydrogen (secondary N) is 1. The first-order chi connectivity index (χ1) is 11.2. The fourth-order valence-corrected chi connectivity index (χ4v) is 4.63. The number of hydrogen-bond donors (Lipinski definition) is 1. The van der Waals surface area contributed by atoms with Crippen LogP contribution in [-0.4, -0.2) is 22.2 Å². The summed E-state index contributed by atoms with van der Waals surface area (Å²) in [4.78, 5) is 4.12. The lowest BCUT2D eigenvalue weighted by molar-refractivity contribution is 0.378. The SMILES string of the molecule is N#C[C@H]1C(=N)C(C#N)(C#N)[C@@H](c2cccnc2)[C@H]2CSCC=C12. The topological polar surface area (TPSA) is 108 Å². The van der Waals surface area contributed by atoms with Gasteiger partial charge in [-0.15, -0.1) is 0 Å². The zero-order valence-corrected chi connectivity index (χ0v) is 13.0. The van der Waals surface area contributed by atoms with Crippen molar-refractivity contribution in [3.8, 4) is 18.2 Å². The van der Waals surface area contributed by atoms with Crippen LogP contribution in [0.2, 0.25) is 0 Å². The molecule has 112 valence electrons. The predicted molar refractivity (Wildman–Crippen MR) is 86.4 cm³/mol. The Kier molecular flexibility index (Phi) is 3.90. The predicted octanol–water partition coefficient (Wildman–Crippen LogP) is 2.66. The van der Waals surface area contributed by atoms with Gasteiger partial charge < -0.3 is 5.41 Å². The van der Waals surface area contributed by atoms with Gasteiger partial charge in [0.05, 0.1) is 23.9 Å². The Morgan fingerprint density at radius 1 is 1.30 bits per heavy atom. The highest BCUT2D eigenvalue weighted by Crippen LogP contribution is 2.54. The summed E-state index contributed by atoms with van der Waals surface area (Å²) in [7, 11) is 0. The molecule has 1 aromatic rings. The lowest BCUT2D eigenvalue weighted by Gasteiger charge is -2.45. The minimum absolute atomic E-state index is 0.101. The largest absolute Gasteiger partial charge is 0.305 e. The van der Waals surface area contributed by atoms with Crippen molar-refractivity contribution in [1.82, 2.24) is 4.98 Å². The molecule has 0 amide bonds. The van der Waals surface area contributed by atoms with E-state index >= 15 is 0 Å². The Hall–Kier alpha value is -2.62. The van der Waals surface area contributed by atoms with Crippen LogP contribution >= 0.6 is 11.8 Å². The van der Waals surface area contributed by atoms with E-state index in [2.05, 4.69) is 23.2 Å². The number of fused-ring (bicyclic) bond motifs is 1. The normalized spacial score (nSPS) is 28.5. The van der Waals surface area contributed by atoms with E-state index in [0.717, 1.165) is 22.6 Å². The third kappa shape index (κ3) is 2.13. The number of hydrogen-bond acceptors (Lipinski definition) is 6. The van der Waals surface area contributed by atoms with Crippen molar-refractivity contribution in [2.45, 2.75) is 5.92 Å². The third-order valence-corrected chi connectivity index (χ3v) is 5.60. The van der Waals surface area contributed by atoms with Gasteiger partial charge in [-0.2, -0.15) is 27.5 Å². The molecule has 1 aromatic heterocycles. The lowest BCUT2D eigenvalue weighted by Crippen LogP contribution is -2.49. The number of thioether (sulfide) groups is 1. The Morgan fingerprint density at radius 2 is 2.09 bits per heavy atom. The Labute approximate surface area is 138 Å². The molecule has 5 nitrogen and oxygen atoms in total. The summed E-state index contributed by atoms with van der Waals surface area (Å²) in [6.45, 7) is 0. The van der Waals surface area contributed by atoms with Gasteiger partial charge in [-0.25, -0.2) is 0 Å². The summed E-state index contributed by atoms with van der Waals surface area (Å²) in [6.07, 6.45) is 5.29. The maximum atomic E-state index is 9.78. The third-order valence-electron chi connectivity index (χ3n) is 4.60. The fourth-order valence-electron chi connectivity index (χ4n) is 3.55. The van der Waals surface area contributed by atoms with Gasteiger partial charge in [-0.05, 0) is 17.2 Å². The maximum absolute atomic E-state index is 9.78. The highest BCUT2D eigenvalue weighted by atomic mass is 32.2. The van der Waals surface area contributed by atoms with Crippen LogP contribution in [0.15, 0.2) is 36.2 Å². The van der Waals surface area contributed by atoms with Crippen molar-refractivity contribution < 1.29 is 0 Å². The number of nitrogens with zero attached hydrogens (tertiary/aromatic N) is 4. The first kappa shape index (κ1) is 15.3. The second-order valence-corrected chi connectivity index (χ2v) is 6.69. The molecule has 1 aliphatic heterocycles. The van der Waals surface area contributed by atoms with E-state index < -0.39 is 17.3 Å². The molecule has 2 heterocycles. The highest BCUT2D eigenvalue weighted by Gasteiger charge is 2.57. The number of aromatic nitrogens is 1. The van der Waals surface area contributed by atoms with Crippen molar-refractivity contribution in [2.24, 2.45) is 17.3 Å². The lowest BCUT2D eigenvalue weighted by atomic mass is 9.55. The summed E-state index contributed by atoms with van der Waals surface area (Å²) < 4.78 is 0. The Bertz CT molecular complexity index is 779. The zero-order chi connectivity index (χ0) is 16.4. The average Bonchev–Trinajstić information content (AvgIpc) is 2.61. The van der Waals surface area contributed by atoms with Crippen LogP contribution < -0.4 is 0 Å². The quantitative estimate of drug-likeness (QED) is 0.800. The van der Waals surface area contributed by atoms with E-state index in [4.69, 9.17) is 5.41 Å². The molecule has 0 bridgehead atoms. The molecule has 1 fully saturated rings. The molecule has 3 atom stereocenters. The van der Waals surface area contributed by atoms with Crippen LogP contribution in [0, 0.1) is 56.7 Å². The van der Waals surface area contributed by atoms with E-state index in [1.165, 1.54) is 0 Å². The van der Waals surface area contributed by atoms with Gasteiger partial charge in [0.1, 0.15) is 5.92 Å². The minimum atomic E-state index is -1.62. The number of nitriles is 3. The van der Waals surface area contributed by atoms with Crippen LogP contribution in [0.1, 0.15) is 11.5 Å². The van der Waals surface area contributed by atoms with E-state index in [-0.39, 0.29) is 11.6 Å². The van der Waals surface area contributed by atoms with E-state index in [1.54, 1.807) is 30.2 Å². The fraction of sp³-hybridized carbons (Fsp3) is 0.353. The summed E-state index contributed by atoms with van der Waals surface area (Å²) in [5, 5.41) is 37.5. The smallest absolute Gasteiger partial charge is 0.189 e. The summed E-state index contributed by atoms with van der Waals surface area (Å²) in [5.74, 6) is 0.178. The monoisotopic (exact) mass is 319 g/mol. The van der Waals surface area contributed by atoms with Crippen LogP contribution in [0.25, 0.3) is 0 Å². The van der Waals surface area contributed by atoms with Crippen LogP contribution in [0.5, 0.6) is 0 Å². The van der Waals surface area contributed by atoms with Gasteiger partial charge in [0.2, 0.25) is 0 Å². The molecule has 1 N–H and O–H groups in total. The van der Waals surface area contributed by atoms with Gasteiger partial charge in [-0.1, -0.05) is 12.1 Å². The first-order valence-electron chi connectivity index (χ1n) is 7.18. The second-order valence-electron chi connectivity index (χ2n) is 5.62. The van der Waals surface area contributed by atoms with Crippen LogP contribution in [0.4, 0.5) is 0 Å². The van der Waals surface area contributed by atoms with Crippen molar-refractivity contribution in [2.75, 3.05) is 11.5 Å². The summed E-state index contributed by atoms with van der Waals surface area (Å²) in [5.41, 5.74) is -0.0711. The van der Waals surface area contributed by atoms with Crippen LogP contribution in [0.3, 0.4) is 0 Å². The Morgan fingerprint density at radius 3 is 2.70 bits per heavy atom. The molecular formula is C17H13N5S. The number of allylic oxidation sites excluding steroid dienone is 1. The molecular weight excluding hydrogens is 306 g/mol. The Balaban J connectivity index is 2.26. The second kappa shape index (κ2) is 5.88. The van der Waals surface area contributed by atoms with Crippen molar-refractivity contribution in [3.63, 3.8) is 0 Å². The van der Waals surface area contributed by atoms with Gasteiger partial charge in [0.25, 0.3) is 0 Å². The highest BCUT2D eigenvalue weighted by molar-refractivity contribution is 7.99.